The topological polar surface area (TPSA) is 59.8 Å². The predicted octanol–water partition coefficient (Wildman–Crippen LogP) is 4.74. The number of benzene rings is 1. The van der Waals surface area contributed by atoms with Gasteiger partial charge in [-0.15, -0.1) is 21.5 Å². The quantitative estimate of drug-likeness (QED) is 0.554. The van der Waals surface area contributed by atoms with Gasteiger partial charge in [-0.3, -0.25) is 4.79 Å². The van der Waals surface area contributed by atoms with Crippen LogP contribution in [-0.4, -0.2) is 26.4 Å². The van der Waals surface area contributed by atoms with Crippen molar-refractivity contribution in [2.24, 2.45) is 0 Å². The van der Waals surface area contributed by atoms with Gasteiger partial charge < -0.3 is 9.88 Å². The number of thiophene rings is 1. The zero-order chi connectivity index (χ0) is 18.5. The van der Waals surface area contributed by atoms with Crippen molar-refractivity contribution in [3.8, 4) is 10.7 Å². The Hall–Kier alpha value is -1.54. The molecule has 0 unspecified atom stereocenters. The van der Waals surface area contributed by atoms with E-state index in [1.807, 2.05) is 29.0 Å². The number of thioether (sulfide) groups is 1. The van der Waals surface area contributed by atoms with Crippen molar-refractivity contribution in [2.45, 2.75) is 25.2 Å². The highest BCUT2D eigenvalue weighted by atomic mass is 35.5. The minimum atomic E-state index is -0.0932. The number of amides is 1. The Balaban J connectivity index is 1.58. The summed E-state index contributed by atoms with van der Waals surface area (Å²) in [6.45, 7) is 3.13. The van der Waals surface area contributed by atoms with E-state index in [1.54, 1.807) is 29.5 Å². The van der Waals surface area contributed by atoms with E-state index in [-0.39, 0.29) is 11.7 Å². The Morgan fingerprint density at radius 2 is 2.15 bits per heavy atom. The number of aromatic nitrogens is 3. The van der Waals surface area contributed by atoms with Gasteiger partial charge in [-0.25, -0.2) is 0 Å². The maximum atomic E-state index is 12.1. The van der Waals surface area contributed by atoms with Crippen LogP contribution >= 0.6 is 46.3 Å². The Labute approximate surface area is 169 Å². The van der Waals surface area contributed by atoms with E-state index < -0.39 is 0 Å². The molecule has 1 N–H and O–H groups in total. The molecule has 2 aromatic heterocycles. The molecule has 3 rings (SSSR count). The average molecular weight is 427 g/mol. The van der Waals surface area contributed by atoms with Gasteiger partial charge in [0.2, 0.25) is 5.91 Å². The van der Waals surface area contributed by atoms with Crippen molar-refractivity contribution >= 4 is 52.2 Å². The largest absolute Gasteiger partial charge is 0.351 e. The number of hydrogen-bond acceptors (Lipinski definition) is 5. The number of carbonyl (C=O) groups is 1. The van der Waals surface area contributed by atoms with Crippen molar-refractivity contribution in [3.05, 3.63) is 51.3 Å². The molecule has 5 nitrogen and oxygen atoms in total. The molecule has 0 spiro atoms. The van der Waals surface area contributed by atoms with E-state index in [1.165, 1.54) is 11.8 Å². The van der Waals surface area contributed by atoms with Crippen molar-refractivity contribution < 1.29 is 4.79 Å². The van der Waals surface area contributed by atoms with Crippen LogP contribution in [0.3, 0.4) is 0 Å². The summed E-state index contributed by atoms with van der Waals surface area (Å²) in [5, 5.41) is 15.2. The van der Waals surface area contributed by atoms with Crippen LogP contribution in [0.15, 0.2) is 40.9 Å². The van der Waals surface area contributed by atoms with Crippen molar-refractivity contribution in [3.63, 3.8) is 0 Å². The zero-order valence-corrected chi connectivity index (χ0v) is 17.1. The van der Waals surface area contributed by atoms with Crippen molar-refractivity contribution in [1.29, 1.82) is 0 Å². The molecule has 26 heavy (non-hydrogen) atoms. The number of rotatable bonds is 7. The first-order chi connectivity index (χ1) is 12.6. The third-order valence-electron chi connectivity index (χ3n) is 3.60. The highest BCUT2D eigenvalue weighted by Gasteiger charge is 2.15. The van der Waals surface area contributed by atoms with Crippen LogP contribution in [-0.2, 0) is 17.9 Å². The summed E-state index contributed by atoms with van der Waals surface area (Å²) in [4.78, 5) is 13.2. The molecule has 1 aromatic carbocycles. The van der Waals surface area contributed by atoms with Gasteiger partial charge >= 0.3 is 0 Å². The smallest absolute Gasteiger partial charge is 0.230 e. The predicted molar refractivity (Wildman–Crippen MR) is 108 cm³/mol. The lowest BCUT2D eigenvalue weighted by Gasteiger charge is -2.08. The zero-order valence-electron chi connectivity index (χ0n) is 13.9. The van der Waals surface area contributed by atoms with Crippen LogP contribution < -0.4 is 5.32 Å². The third kappa shape index (κ3) is 4.59. The Morgan fingerprint density at radius 3 is 2.85 bits per heavy atom. The number of nitrogens with one attached hydrogen (secondary N) is 1. The van der Waals surface area contributed by atoms with E-state index >= 15 is 0 Å². The van der Waals surface area contributed by atoms with Crippen LogP contribution in [0.5, 0.6) is 0 Å². The first-order valence-corrected chi connectivity index (χ1v) is 10.5. The van der Waals surface area contributed by atoms with E-state index in [2.05, 4.69) is 15.5 Å². The molecule has 0 aliphatic carbocycles. The van der Waals surface area contributed by atoms with Crippen molar-refractivity contribution in [1.82, 2.24) is 20.1 Å². The first kappa shape index (κ1) is 19.2. The monoisotopic (exact) mass is 426 g/mol. The molecule has 136 valence electrons. The molecule has 0 fully saturated rings. The number of halogens is 2. The number of hydrogen-bond donors (Lipinski definition) is 1. The van der Waals surface area contributed by atoms with Crippen LogP contribution in [0.25, 0.3) is 10.7 Å². The second kappa shape index (κ2) is 8.90. The Kier molecular flexibility index (Phi) is 6.58. The fourth-order valence-corrected chi connectivity index (χ4v) is 4.33. The second-order valence-electron chi connectivity index (χ2n) is 5.33. The normalized spacial score (nSPS) is 10.9. The van der Waals surface area contributed by atoms with Gasteiger partial charge in [0.1, 0.15) is 0 Å². The highest BCUT2D eigenvalue weighted by Crippen LogP contribution is 2.27. The summed E-state index contributed by atoms with van der Waals surface area (Å²) in [7, 11) is 0. The summed E-state index contributed by atoms with van der Waals surface area (Å²) in [6, 6.07) is 9.21. The van der Waals surface area contributed by atoms with E-state index in [9.17, 15) is 4.79 Å². The van der Waals surface area contributed by atoms with Crippen LogP contribution in [0.2, 0.25) is 10.0 Å². The molecule has 0 aliphatic rings. The van der Waals surface area contributed by atoms with Crippen LogP contribution in [0.4, 0.5) is 0 Å². The fraction of sp³-hybridized carbons (Fsp3) is 0.235. The molecule has 0 bridgehead atoms. The molecule has 2 heterocycles. The molecular formula is C17H16Cl2N4OS2. The van der Waals surface area contributed by atoms with E-state index in [4.69, 9.17) is 23.2 Å². The van der Waals surface area contributed by atoms with Gasteiger partial charge in [-0.05, 0) is 36.1 Å². The minimum absolute atomic E-state index is 0.0932. The molecular weight excluding hydrogens is 411 g/mol. The lowest BCUT2D eigenvalue weighted by molar-refractivity contribution is -0.118. The average Bonchev–Trinajstić information content (AvgIpc) is 3.28. The molecule has 0 saturated carbocycles. The number of nitrogens with zero attached hydrogens (tertiary/aromatic N) is 3. The minimum Gasteiger partial charge on any atom is -0.351 e. The summed E-state index contributed by atoms with van der Waals surface area (Å²) in [5.74, 6) is 0.996. The van der Waals surface area contributed by atoms with Gasteiger partial charge in [0.25, 0.3) is 0 Å². The molecule has 3 aromatic rings. The van der Waals surface area contributed by atoms with Gasteiger partial charge in [-0.2, -0.15) is 0 Å². The third-order valence-corrected chi connectivity index (χ3v) is 6.02. The molecule has 0 saturated heterocycles. The molecule has 0 radical (unpaired) electrons. The van der Waals surface area contributed by atoms with Crippen molar-refractivity contribution in [2.75, 3.05) is 5.75 Å². The van der Waals surface area contributed by atoms with E-state index in [0.29, 0.717) is 16.6 Å². The SMILES string of the molecule is CCn1c(SCC(=O)NCc2ccc(Cl)cc2Cl)nnc1-c1cccs1. The lowest BCUT2D eigenvalue weighted by atomic mass is 10.2. The van der Waals surface area contributed by atoms with Gasteiger partial charge in [-0.1, -0.05) is 47.1 Å². The molecule has 1 amide bonds. The summed E-state index contributed by atoms with van der Waals surface area (Å²) in [5.41, 5.74) is 0.825. The molecule has 9 heteroatoms. The standard InChI is InChI=1S/C17H16Cl2N4OS2/c1-2-23-16(14-4-3-7-25-14)21-22-17(23)26-10-15(24)20-9-11-5-6-12(18)8-13(11)19/h3-8H,2,9-10H2,1H3,(H,20,24). The summed E-state index contributed by atoms with van der Waals surface area (Å²) >= 11 is 15.0. The van der Waals surface area contributed by atoms with Gasteiger partial charge in [0, 0.05) is 23.1 Å². The first-order valence-electron chi connectivity index (χ1n) is 7.89. The fourth-order valence-electron chi connectivity index (χ4n) is 2.31. The van der Waals surface area contributed by atoms with E-state index in [0.717, 1.165) is 28.0 Å². The van der Waals surface area contributed by atoms with Crippen LogP contribution in [0.1, 0.15) is 12.5 Å². The Morgan fingerprint density at radius 1 is 1.31 bits per heavy atom. The molecule has 0 atom stereocenters. The Bertz CT molecular complexity index is 896. The van der Waals surface area contributed by atoms with Crippen LogP contribution in [0, 0.1) is 0 Å². The lowest BCUT2D eigenvalue weighted by Crippen LogP contribution is -2.24. The summed E-state index contributed by atoms with van der Waals surface area (Å²) < 4.78 is 2.01. The number of carbonyl (C=O) groups excluding carboxylic acids is 1. The van der Waals surface area contributed by atoms with Gasteiger partial charge in [0.05, 0.1) is 10.6 Å². The van der Waals surface area contributed by atoms with Gasteiger partial charge in [0.15, 0.2) is 11.0 Å². The highest BCUT2D eigenvalue weighted by molar-refractivity contribution is 7.99. The second-order valence-corrected chi connectivity index (χ2v) is 8.06. The summed E-state index contributed by atoms with van der Waals surface area (Å²) in [6.07, 6.45) is 0. The molecule has 0 aliphatic heterocycles. The maximum Gasteiger partial charge on any atom is 0.230 e. The maximum absolute atomic E-state index is 12.1.